The van der Waals surface area contributed by atoms with Crippen LogP contribution in [0.4, 0.5) is 5.69 Å². The molecule has 0 aliphatic heterocycles. The number of hydrogen-bond acceptors (Lipinski definition) is 6. The summed E-state index contributed by atoms with van der Waals surface area (Å²) in [4.78, 5) is 22.9. The second-order valence-electron chi connectivity index (χ2n) is 4.31. The first kappa shape index (κ1) is 14.6. The number of methoxy groups -OCH3 is 2. The van der Waals surface area contributed by atoms with Gasteiger partial charge in [0, 0.05) is 11.1 Å². The van der Waals surface area contributed by atoms with Crippen LogP contribution in [0.5, 0.6) is 0 Å². The van der Waals surface area contributed by atoms with E-state index in [-0.39, 0.29) is 5.70 Å². The summed E-state index contributed by atoms with van der Waals surface area (Å²) >= 11 is 0. The number of carbonyl (C=O) groups excluding carboxylic acids is 2. The van der Waals surface area contributed by atoms with E-state index in [1.54, 1.807) is 18.2 Å². The first-order valence-electron chi connectivity index (χ1n) is 6.18. The fourth-order valence-electron chi connectivity index (χ4n) is 1.84. The summed E-state index contributed by atoms with van der Waals surface area (Å²) in [6.07, 6.45) is 1.04. The van der Waals surface area contributed by atoms with Gasteiger partial charge in [-0.1, -0.05) is 0 Å². The Morgan fingerprint density at radius 2 is 1.95 bits per heavy atom. The molecule has 2 aromatic rings. The van der Waals surface area contributed by atoms with Crippen LogP contribution in [0.1, 0.15) is 5.76 Å². The summed E-state index contributed by atoms with van der Waals surface area (Å²) in [6, 6.07) is 7.19. The van der Waals surface area contributed by atoms with Crippen LogP contribution >= 0.6 is 0 Å². The van der Waals surface area contributed by atoms with E-state index in [1.807, 2.05) is 13.0 Å². The summed E-state index contributed by atoms with van der Waals surface area (Å²) < 4.78 is 14.6. The lowest BCUT2D eigenvalue weighted by molar-refractivity contribution is -0.138. The Bertz CT molecular complexity index is 714. The predicted octanol–water partition coefficient (Wildman–Crippen LogP) is 2.38. The van der Waals surface area contributed by atoms with Crippen molar-refractivity contribution in [3.63, 3.8) is 0 Å². The first-order chi connectivity index (χ1) is 10.0. The van der Waals surface area contributed by atoms with Gasteiger partial charge in [-0.05, 0) is 31.2 Å². The number of fused-ring (bicyclic) bond motifs is 1. The number of rotatable bonds is 4. The fourth-order valence-corrected chi connectivity index (χ4v) is 1.84. The van der Waals surface area contributed by atoms with Crippen LogP contribution in [0, 0.1) is 6.92 Å². The van der Waals surface area contributed by atoms with Gasteiger partial charge >= 0.3 is 11.9 Å². The van der Waals surface area contributed by atoms with Gasteiger partial charge in [0.1, 0.15) is 17.0 Å². The Labute approximate surface area is 121 Å². The lowest BCUT2D eigenvalue weighted by atomic mass is 10.2. The minimum Gasteiger partial charge on any atom is -0.466 e. The highest BCUT2D eigenvalue weighted by Crippen LogP contribution is 2.23. The van der Waals surface area contributed by atoms with Crippen molar-refractivity contribution in [3.05, 3.63) is 41.8 Å². The molecular weight excluding hydrogens is 274 g/mol. The first-order valence-corrected chi connectivity index (χ1v) is 6.18. The number of esters is 2. The maximum Gasteiger partial charge on any atom is 0.354 e. The topological polar surface area (TPSA) is 77.8 Å². The molecule has 1 heterocycles. The molecule has 0 radical (unpaired) electrons. The lowest BCUT2D eigenvalue weighted by Crippen LogP contribution is -2.15. The molecule has 2 rings (SSSR count). The van der Waals surface area contributed by atoms with E-state index in [9.17, 15) is 9.59 Å². The van der Waals surface area contributed by atoms with Crippen LogP contribution in [-0.4, -0.2) is 26.2 Å². The van der Waals surface area contributed by atoms with Crippen LogP contribution < -0.4 is 5.32 Å². The standard InChI is InChI=1S/C15H15NO5/c1-9-6-10-7-11(4-5-13(10)21-9)16-12(15(18)20-3)8-14(17)19-2/h4-8,16H,1-3H3/b12-8+. The van der Waals surface area contributed by atoms with Crippen LogP contribution in [0.15, 0.2) is 40.5 Å². The molecule has 0 atom stereocenters. The van der Waals surface area contributed by atoms with E-state index in [4.69, 9.17) is 4.42 Å². The van der Waals surface area contributed by atoms with Gasteiger partial charge in [0.25, 0.3) is 0 Å². The maximum absolute atomic E-state index is 11.7. The number of benzene rings is 1. The lowest BCUT2D eigenvalue weighted by Gasteiger charge is -2.08. The number of carbonyl (C=O) groups is 2. The zero-order chi connectivity index (χ0) is 15.4. The largest absolute Gasteiger partial charge is 0.466 e. The molecular formula is C15H15NO5. The highest BCUT2D eigenvalue weighted by atomic mass is 16.5. The Hall–Kier alpha value is -2.76. The van der Waals surface area contributed by atoms with Crippen LogP contribution in [0.3, 0.4) is 0 Å². The fraction of sp³-hybridized carbons (Fsp3) is 0.200. The molecule has 1 aromatic carbocycles. The number of ether oxygens (including phenoxy) is 2. The van der Waals surface area contributed by atoms with Gasteiger partial charge in [-0.3, -0.25) is 0 Å². The molecule has 0 amide bonds. The Morgan fingerprint density at radius 1 is 1.19 bits per heavy atom. The molecule has 0 aliphatic carbocycles. The number of nitrogens with one attached hydrogen (secondary N) is 1. The van der Waals surface area contributed by atoms with Crippen LogP contribution in [0.2, 0.25) is 0 Å². The second kappa shape index (κ2) is 6.13. The molecule has 6 nitrogen and oxygen atoms in total. The summed E-state index contributed by atoms with van der Waals surface area (Å²) in [7, 11) is 2.46. The number of hydrogen-bond donors (Lipinski definition) is 1. The molecule has 0 aliphatic rings. The van der Waals surface area contributed by atoms with Gasteiger partial charge in [-0.25, -0.2) is 9.59 Å². The summed E-state index contributed by atoms with van der Waals surface area (Å²) in [5.74, 6) is -0.521. The second-order valence-corrected chi connectivity index (χ2v) is 4.31. The van der Waals surface area contributed by atoms with Crippen molar-refractivity contribution in [1.29, 1.82) is 0 Å². The van der Waals surface area contributed by atoms with Crippen molar-refractivity contribution in [2.45, 2.75) is 6.92 Å². The Morgan fingerprint density at radius 3 is 2.62 bits per heavy atom. The van der Waals surface area contributed by atoms with E-state index in [0.29, 0.717) is 5.69 Å². The van der Waals surface area contributed by atoms with Gasteiger partial charge in [0.15, 0.2) is 0 Å². The Kier molecular flexibility index (Phi) is 4.27. The molecule has 0 saturated carbocycles. The van der Waals surface area contributed by atoms with E-state index < -0.39 is 11.9 Å². The third-order valence-corrected chi connectivity index (χ3v) is 2.79. The number of aryl methyl sites for hydroxylation is 1. The van der Waals surface area contributed by atoms with Crippen molar-refractivity contribution in [1.82, 2.24) is 0 Å². The average molecular weight is 289 g/mol. The van der Waals surface area contributed by atoms with Crippen molar-refractivity contribution in [2.75, 3.05) is 19.5 Å². The zero-order valence-electron chi connectivity index (χ0n) is 11.9. The maximum atomic E-state index is 11.7. The van der Waals surface area contributed by atoms with Crippen LogP contribution in [-0.2, 0) is 19.1 Å². The molecule has 0 unspecified atom stereocenters. The average Bonchev–Trinajstić information content (AvgIpc) is 2.84. The van der Waals surface area contributed by atoms with Crippen molar-refractivity contribution >= 4 is 28.6 Å². The minimum atomic E-state index is -0.663. The number of anilines is 1. The SMILES string of the molecule is COC(=O)/C=C(/Nc1ccc2oc(C)cc2c1)C(=O)OC. The van der Waals surface area contributed by atoms with Crippen molar-refractivity contribution < 1.29 is 23.5 Å². The molecule has 21 heavy (non-hydrogen) atoms. The van der Waals surface area contributed by atoms with Gasteiger partial charge in [0.05, 0.1) is 20.3 Å². The molecule has 0 saturated heterocycles. The molecule has 0 spiro atoms. The molecule has 6 heteroatoms. The van der Waals surface area contributed by atoms with E-state index >= 15 is 0 Å². The molecule has 1 aromatic heterocycles. The van der Waals surface area contributed by atoms with Crippen molar-refractivity contribution in [2.24, 2.45) is 0 Å². The number of furan rings is 1. The highest BCUT2D eigenvalue weighted by molar-refractivity contribution is 5.99. The van der Waals surface area contributed by atoms with E-state index in [0.717, 1.165) is 22.8 Å². The van der Waals surface area contributed by atoms with Gasteiger partial charge < -0.3 is 19.2 Å². The molecule has 0 bridgehead atoms. The van der Waals surface area contributed by atoms with E-state index in [2.05, 4.69) is 14.8 Å². The molecule has 0 fully saturated rings. The van der Waals surface area contributed by atoms with Crippen molar-refractivity contribution in [3.8, 4) is 0 Å². The highest BCUT2D eigenvalue weighted by Gasteiger charge is 2.13. The smallest absolute Gasteiger partial charge is 0.354 e. The summed E-state index contributed by atoms with van der Waals surface area (Å²) in [5.41, 5.74) is 1.36. The summed E-state index contributed by atoms with van der Waals surface area (Å²) in [5, 5.41) is 3.73. The quantitative estimate of drug-likeness (QED) is 0.688. The third kappa shape index (κ3) is 3.42. The van der Waals surface area contributed by atoms with Gasteiger partial charge in [-0.2, -0.15) is 0 Å². The van der Waals surface area contributed by atoms with Crippen LogP contribution in [0.25, 0.3) is 11.0 Å². The van der Waals surface area contributed by atoms with Gasteiger partial charge in [0.2, 0.25) is 0 Å². The minimum absolute atomic E-state index is 0.0103. The summed E-state index contributed by atoms with van der Waals surface area (Å²) in [6.45, 7) is 1.85. The van der Waals surface area contributed by atoms with Gasteiger partial charge in [-0.15, -0.1) is 0 Å². The van der Waals surface area contributed by atoms with E-state index in [1.165, 1.54) is 14.2 Å². The molecule has 1 N–H and O–H groups in total. The third-order valence-electron chi connectivity index (χ3n) is 2.79. The normalized spacial score (nSPS) is 11.3. The zero-order valence-corrected chi connectivity index (χ0v) is 11.9. The predicted molar refractivity (Wildman–Crippen MR) is 76.7 cm³/mol. The monoisotopic (exact) mass is 289 g/mol. The Balaban J connectivity index is 2.31. The molecule has 110 valence electrons.